The lowest BCUT2D eigenvalue weighted by Crippen LogP contribution is -2.06. The summed E-state index contributed by atoms with van der Waals surface area (Å²) in [4.78, 5) is 10.2. The predicted molar refractivity (Wildman–Crippen MR) is 70.8 cm³/mol. The van der Waals surface area contributed by atoms with E-state index in [1.807, 2.05) is 4.57 Å². The number of nitrogens with one attached hydrogen (secondary N) is 1. The Labute approximate surface area is 114 Å². The molecule has 8 heteroatoms. The maximum Gasteiger partial charge on any atom is 0.295 e. The number of nitro benzene ring substituents is 1. The van der Waals surface area contributed by atoms with Crippen molar-refractivity contribution in [3.05, 3.63) is 46.8 Å². The van der Waals surface area contributed by atoms with E-state index in [1.54, 1.807) is 12.7 Å². The molecule has 7 nitrogen and oxygen atoms in total. The summed E-state index contributed by atoms with van der Waals surface area (Å²) in [6.45, 7) is 1.37. The summed E-state index contributed by atoms with van der Waals surface area (Å²) in [5.41, 5.74) is 0.0875. The van der Waals surface area contributed by atoms with E-state index < -0.39 is 10.7 Å². The third-order valence-corrected chi connectivity index (χ3v) is 2.78. The number of benzene rings is 1. The summed E-state index contributed by atoms with van der Waals surface area (Å²) in [5.74, 6) is -0.616. The molecule has 0 atom stereocenters. The molecule has 0 spiro atoms. The molecule has 0 aliphatic carbocycles. The Balaban J connectivity index is 1.80. The molecule has 0 aliphatic rings. The van der Waals surface area contributed by atoms with E-state index in [0.29, 0.717) is 12.2 Å². The lowest BCUT2D eigenvalue weighted by molar-refractivity contribution is -0.384. The Kier molecular flexibility index (Phi) is 4.59. The molecule has 2 aromatic rings. The minimum atomic E-state index is -0.616. The largest absolute Gasteiger partial charge is 0.379 e. The van der Waals surface area contributed by atoms with Gasteiger partial charge in [-0.15, -0.1) is 10.2 Å². The van der Waals surface area contributed by atoms with Crippen molar-refractivity contribution in [3.8, 4) is 0 Å². The Morgan fingerprint density at radius 3 is 2.75 bits per heavy atom. The molecule has 0 fully saturated rings. The molecule has 0 saturated heterocycles. The number of rotatable bonds is 7. The fourth-order valence-electron chi connectivity index (χ4n) is 1.79. The van der Waals surface area contributed by atoms with Gasteiger partial charge in [0.25, 0.3) is 5.69 Å². The van der Waals surface area contributed by atoms with Crippen molar-refractivity contribution < 1.29 is 9.31 Å². The zero-order valence-corrected chi connectivity index (χ0v) is 10.7. The SMILES string of the molecule is O=[N+]([O-])c1cc(F)ccc1NCCCCn1cnnc1. The topological polar surface area (TPSA) is 85.9 Å². The molecule has 1 aromatic carbocycles. The summed E-state index contributed by atoms with van der Waals surface area (Å²) >= 11 is 0. The average Bonchev–Trinajstić information content (AvgIpc) is 2.92. The van der Waals surface area contributed by atoms with Crippen molar-refractivity contribution in [2.75, 3.05) is 11.9 Å². The van der Waals surface area contributed by atoms with E-state index in [1.165, 1.54) is 12.1 Å². The summed E-state index contributed by atoms with van der Waals surface area (Å²) < 4.78 is 14.8. The summed E-state index contributed by atoms with van der Waals surface area (Å²) in [6.07, 6.45) is 4.99. The lowest BCUT2D eigenvalue weighted by Gasteiger charge is -2.07. The number of unbranched alkanes of at least 4 members (excludes halogenated alkanes) is 1. The smallest absolute Gasteiger partial charge is 0.295 e. The standard InChI is InChI=1S/C12H14FN5O2/c13-10-3-4-11(12(7-10)18(19)20)14-5-1-2-6-17-8-15-16-9-17/h3-4,7-9,14H,1-2,5-6H2. The van der Waals surface area contributed by atoms with Crippen LogP contribution in [0, 0.1) is 15.9 Å². The third-order valence-electron chi connectivity index (χ3n) is 2.78. The van der Waals surface area contributed by atoms with E-state index in [9.17, 15) is 14.5 Å². The Morgan fingerprint density at radius 1 is 1.30 bits per heavy atom. The first kappa shape index (κ1) is 13.9. The highest BCUT2D eigenvalue weighted by molar-refractivity contribution is 5.61. The van der Waals surface area contributed by atoms with Crippen molar-refractivity contribution in [3.63, 3.8) is 0 Å². The van der Waals surface area contributed by atoms with Gasteiger partial charge < -0.3 is 9.88 Å². The average molecular weight is 279 g/mol. The van der Waals surface area contributed by atoms with Crippen LogP contribution >= 0.6 is 0 Å². The minimum Gasteiger partial charge on any atom is -0.379 e. The second-order valence-electron chi connectivity index (χ2n) is 4.25. The van der Waals surface area contributed by atoms with Crippen LogP contribution in [-0.2, 0) is 6.54 Å². The molecular weight excluding hydrogens is 265 g/mol. The zero-order valence-electron chi connectivity index (χ0n) is 10.7. The van der Waals surface area contributed by atoms with Crippen LogP contribution in [-0.4, -0.2) is 26.2 Å². The molecule has 1 N–H and O–H groups in total. The molecule has 0 saturated carbocycles. The van der Waals surface area contributed by atoms with Gasteiger partial charge in [-0.1, -0.05) is 0 Å². The molecule has 1 aromatic heterocycles. The van der Waals surface area contributed by atoms with Gasteiger partial charge in [0.2, 0.25) is 0 Å². The van der Waals surface area contributed by atoms with Gasteiger partial charge in [-0.3, -0.25) is 10.1 Å². The van der Waals surface area contributed by atoms with Gasteiger partial charge in [-0.05, 0) is 25.0 Å². The Morgan fingerprint density at radius 2 is 2.05 bits per heavy atom. The zero-order chi connectivity index (χ0) is 14.4. The molecule has 0 aliphatic heterocycles. The van der Waals surface area contributed by atoms with Crippen LogP contribution in [0.15, 0.2) is 30.9 Å². The molecule has 0 amide bonds. The number of nitro groups is 1. The van der Waals surface area contributed by atoms with Crippen LogP contribution in [0.1, 0.15) is 12.8 Å². The lowest BCUT2D eigenvalue weighted by atomic mass is 10.2. The summed E-state index contributed by atoms with van der Waals surface area (Å²) in [7, 11) is 0. The fraction of sp³-hybridized carbons (Fsp3) is 0.333. The van der Waals surface area contributed by atoms with Gasteiger partial charge in [0.15, 0.2) is 0 Å². The second-order valence-corrected chi connectivity index (χ2v) is 4.25. The van der Waals surface area contributed by atoms with E-state index in [4.69, 9.17) is 0 Å². The van der Waals surface area contributed by atoms with E-state index in [2.05, 4.69) is 15.5 Å². The predicted octanol–water partition coefficient (Wildman–Crippen LogP) is 2.22. The van der Waals surface area contributed by atoms with Crippen molar-refractivity contribution in [1.29, 1.82) is 0 Å². The number of aromatic nitrogens is 3. The molecule has 0 bridgehead atoms. The van der Waals surface area contributed by atoms with Gasteiger partial charge in [0.1, 0.15) is 24.2 Å². The molecule has 20 heavy (non-hydrogen) atoms. The number of anilines is 1. The van der Waals surface area contributed by atoms with E-state index >= 15 is 0 Å². The fourth-order valence-corrected chi connectivity index (χ4v) is 1.79. The molecule has 2 rings (SSSR count). The molecule has 1 heterocycles. The second kappa shape index (κ2) is 6.60. The normalized spacial score (nSPS) is 10.4. The van der Waals surface area contributed by atoms with Crippen molar-refractivity contribution in [2.24, 2.45) is 0 Å². The van der Waals surface area contributed by atoms with E-state index in [0.717, 1.165) is 25.5 Å². The number of hydrogen-bond acceptors (Lipinski definition) is 5. The number of aryl methyl sites for hydroxylation is 1. The summed E-state index contributed by atoms with van der Waals surface area (Å²) in [6, 6.07) is 3.50. The monoisotopic (exact) mass is 279 g/mol. The summed E-state index contributed by atoms with van der Waals surface area (Å²) in [5, 5.41) is 21.1. The van der Waals surface area contributed by atoms with Crippen molar-refractivity contribution in [2.45, 2.75) is 19.4 Å². The molecule has 106 valence electrons. The number of halogens is 1. The number of nitrogens with zero attached hydrogens (tertiary/aromatic N) is 4. The third kappa shape index (κ3) is 3.74. The first-order chi connectivity index (χ1) is 9.66. The van der Waals surface area contributed by atoms with Gasteiger partial charge in [0, 0.05) is 13.1 Å². The van der Waals surface area contributed by atoms with Crippen molar-refractivity contribution in [1.82, 2.24) is 14.8 Å². The van der Waals surface area contributed by atoms with Crippen LogP contribution in [0.25, 0.3) is 0 Å². The van der Waals surface area contributed by atoms with Gasteiger partial charge >= 0.3 is 0 Å². The van der Waals surface area contributed by atoms with Gasteiger partial charge in [0.05, 0.1) is 11.0 Å². The van der Waals surface area contributed by atoms with Gasteiger partial charge in [-0.2, -0.15) is 0 Å². The van der Waals surface area contributed by atoms with Crippen LogP contribution < -0.4 is 5.32 Å². The number of hydrogen-bond donors (Lipinski definition) is 1. The first-order valence-electron chi connectivity index (χ1n) is 6.17. The van der Waals surface area contributed by atoms with Crippen LogP contribution in [0.4, 0.5) is 15.8 Å². The van der Waals surface area contributed by atoms with E-state index in [-0.39, 0.29) is 5.69 Å². The van der Waals surface area contributed by atoms with Crippen LogP contribution in [0.3, 0.4) is 0 Å². The molecule has 0 radical (unpaired) electrons. The molecular formula is C12H14FN5O2. The Hall–Kier alpha value is -2.51. The Bertz CT molecular complexity index is 573. The molecule has 0 unspecified atom stereocenters. The quantitative estimate of drug-likeness (QED) is 0.477. The highest BCUT2D eigenvalue weighted by Crippen LogP contribution is 2.24. The maximum absolute atomic E-state index is 13.0. The minimum absolute atomic E-state index is 0.246. The van der Waals surface area contributed by atoms with Crippen LogP contribution in [0.5, 0.6) is 0 Å². The highest BCUT2D eigenvalue weighted by Gasteiger charge is 2.14. The van der Waals surface area contributed by atoms with Crippen molar-refractivity contribution >= 4 is 11.4 Å². The highest BCUT2D eigenvalue weighted by atomic mass is 19.1. The van der Waals surface area contributed by atoms with Gasteiger partial charge in [-0.25, -0.2) is 4.39 Å². The van der Waals surface area contributed by atoms with Crippen LogP contribution in [0.2, 0.25) is 0 Å². The maximum atomic E-state index is 13.0. The first-order valence-corrected chi connectivity index (χ1v) is 6.17.